The van der Waals surface area contributed by atoms with Gasteiger partial charge < -0.3 is 0 Å². The molecular weight excluding hydrogens is 260 g/mol. The lowest BCUT2D eigenvalue weighted by Gasteiger charge is -2.04. The molecule has 2 rings (SSSR count). The molecule has 0 saturated heterocycles. The van der Waals surface area contributed by atoms with E-state index in [0.717, 1.165) is 4.47 Å². The molecule has 0 amide bonds. The average Bonchev–Trinajstić information content (AvgIpc) is 3.00. The van der Waals surface area contributed by atoms with Crippen LogP contribution in [0, 0.1) is 0 Å². The van der Waals surface area contributed by atoms with E-state index >= 15 is 0 Å². The molecule has 0 atom stereocenters. The van der Waals surface area contributed by atoms with Crippen LogP contribution in [0.3, 0.4) is 0 Å². The molecule has 1 aromatic rings. The number of benzene rings is 1. The summed E-state index contributed by atoms with van der Waals surface area (Å²) in [6, 6.07) is 5.64. The summed E-state index contributed by atoms with van der Waals surface area (Å²) in [6.07, 6.45) is 2.41. The normalized spacial score (nSPS) is 15.1. The molecule has 0 unspecified atom stereocenters. The maximum absolute atomic E-state index is 11.4. The molecule has 0 radical (unpaired) electrons. The first-order valence-electron chi connectivity index (χ1n) is 4.76. The van der Waals surface area contributed by atoms with Crippen molar-refractivity contribution >= 4 is 21.9 Å². The fourth-order valence-electron chi connectivity index (χ4n) is 1.51. The molecule has 4 heteroatoms. The van der Waals surface area contributed by atoms with Gasteiger partial charge in [0.15, 0.2) is 0 Å². The van der Waals surface area contributed by atoms with E-state index in [2.05, 4.69) is 25.7 Å². The molecule has 1 fully saturated rings. The number of halogens is 1. The van der Waals surface area contributed by atoms with Gasteiger partial charge >= 0.3 is 5.97 Å². The molecule has 1 saturated carbocycles. The molecule has 80 valence electrons. The fourth-order valence-corrected chi connectivity index (χ4v) is 2.02. The second-order valence-corrected chi connectivity index (χ2v) is 4.50. The number of carbonyl (C=O) groups excluding carboxylic acids is 1. The molecular formula is C11H11BrO3. The van der Waals surface area contributed by atoms with Gasteiger partial charge in [-0.3, -0.25) is 4.89 Å². The van der Waals surface area contributed by atoms with Crippen LogP contribution in [0.5, 0.6) is 0 Å². The summed E-state index contributed by atoms with van der Waals surface area (Å²) in [6.45, 7) is 0. The van der Waals surface area contributed by atoms with Gasteiger partial charge in [0.25, 0.3) is 0 Å². The Hall–Kier alpha value is -0.870. The highest BCUT2D eigenvalue weighted by Crippen LogP contribution is 2.41. The Kier molecular flexibility index (Phi) is 3.07. The summed E-state index contributed by atoms with van der Waals surface area (Å²) < 4.78 is 0.898. The fraction of sp³-hybridized carbons (Fsp3) is 0.364. The highest BCUT2D eigenvalue weighted by atomic mass is 79.9. The Labute approximate surface area is 96.4 Å². The highest BCUT2D eigenvalue weighted by Gasteiger charge is 2.25. The lowest BCUT2D eigenvalue weighted by molar-refractivity contribution is -0.216. The maximum atomic E-state index is 11.4. The van der Waals surface area contributed by atoms with Gasteiger partial charge in [-0.25, -0.2) is 4.79 Å². The molecule has 3 nitrogen and oxygen atoms in total. The molecule has 0 aromatic heterocycles. The first kappa shape index (κ1) is 10.6. The van der Waals surface area contributed by atoms with Crippen molar-refractivity contribution in [1.82, 2.24) is 0 Å². The Balaban J connectivity index is 2.26. The maximum Gasteiger partial charge on any atom is 0.373 e. The van der Waals surface area contributed by atoms with Gasteiger partial charge in [-0.1, -0.05) is 15.9 Å². The SMILES string of the molecule is COOC(=O)c1cc(Br)cc(C2CC2)c1. The van der Waals surface area contributed by atoms with E-state index in [-0.39, 0.29) is 0 Å². The van der Waals surface area contributed by atoms with Gasteiger partial charge in [-0.05, 0) is 42.5 Å². The third-order valence-corrected chi connectivity index (χ3v) is 2.82. The smallest absolute Gasteiger partial charge is 0.293 e. The largest absolute Gasteiger partial charge is 0.373 e. The van der Waals surface area contributed by atoms with E-state index in [1.165, 1.54) is 25.5 Å². The van der Waals surface area contributed by atoms with Crippen LogP contribution in [0.2, 0.25) is 0 Å². The molecule has 1 aromatic carbocycles. The quantitative estimate of drug-likeness (QED) is 0.626. The standard InChI is InChI=1S/C11H11BrO3/c1-14-15-11(13)9-4-8(7-2-3-7)5-10(12)6-9/h4-7H,2-3H2,1H3. The first-order valence-corrected chi connectivity index (χ1v) is 5.55. The van der Waals surface area contributed by atoms with Crippen molar-refractivity contribution in [2.45, 2.75) is 18.8 Å². The molecule has 1 aliphatic carbocycles. The van der Waals surface area contributed by atoms with Crippen molar-refractivity contribution in [3.05, 3.63) is 33.8 Å². The lowest BCUT2D eigenvalue weighted by atomic mass is 10.1. The van der Waals surface area contributed by atoms with Crippen LogP contribution in [0.1, 0.15) is 34.7 Å². The molecule has 0 bridgehead atoms. The molecule has 15 heavy (non-hydrogen) atoms. The first-order chi connectivity index (χ1) is 7.20. The van der Waals surface area contributed by atoms with Crippen molar-refractivity contribution in [2.75, 3.05) is 7.11 Å². The van der Waals surface area contributed by atoms with Gasteiger partial charge in [0, 0.05) is 4.47 Å². The van der Waals surface area contributed by atoms with Crippen molar-refractivity contribution in [3.8, 4) is 0 Å². The average molecular weight is 271 g/mol. The van der Waals surface area contributed by atoms with Crippen LogP contribution in [0.25, 0.3) is 0 Å². The Bertz CT molecular complexity index is 385. The van der Waals surface area contributed by atoms with Gasteiger partial charge in [-0.2, -0.15) is 4.89 Å². The Morgan fingerprint density at radius 1 is 1.40 bits per heavy atom. The van der Waals surface area contributed by atoms with E-state index in [1.807, 2.05) is 12.1 Å². The minimum atomic E-state index is -0.458. The molecule has 1 aliphatic rings. The van der Waals surface area contributed by atoms with Crippen molar-refractivity contribution in [1.29, 1.82) is 0 Å². The van der Waals surface area contributed by atoms with Crippen molar-refractivity contribution in [2.24, 2.45) is 0 Å². The summed E-state index contributed by atoms with van der Waals surface area (Å²) >= 11 is 3.38. The summed E-state index contributed by atoms with van der Waals surface area (Å²) in [5.74, 6) is 0.150. The van der Waals surface area contributed by atoms with Crippen LogP contribution in [0.15, 0.2) is 22.7 Å². The number of rotatable bonds is 3. The summed E-state index contributed by atoms with van der Waals surface area (Å²) in [4.78, 5) is 20.3. The number of carbonyl (C=O) groups is 1. The topological polar surface area (TPSA) is 35.5 Å². The predicted octanol–water partition coefficient (Wildman–Crippen LogP) is 3.04. The Morgan fingerprint density at radius 2 is 2.13 bits per heavy atom. The predicted molar refractivity (Wildman–Crippen MR) is 58.5 cm³/mol. The van der Waals surface area contributed by atoms with Gasteiger partial charge in [-0.15, -0.1) is 0 Å². The Morgan fingerprint density at radius 3 is 2.73 bits per heavy atom. The van der Waals surface area contributed by atoms with E-state index in [4.69, 9.17) is 0 Å². The summed E-state index contributed by atoms with van der Waals surface area (Å²) in [5.41, 5.74) is 1.71. The third kappa shape index (κ3) is 2.58. The molecule has 0 aliphatic heterocycles. The minimum Gasteiger partial charge on any atom is -0.293 e. The van der Waals surface area contributed by atoms with Crippen LogP contribution >= 0.6 is 15.9 Å². The molecule has 0 heterocycles. The van der Waals surface area contributed by atoms with Crippen LogP contribution in [-0.2, 0) is 9.78 Å². The number of hydrogen-bond donors (Lipinski definition) is 0. The zero-order chi connectivity index (χ0) is 10.8. The summed E-state index contributed by atoms with van der Waals surface area (Å²) in [7, 11) is 1.32. The van der Waals surface area contributed by atoms with E-state index in [0.29, 0.717) is 11.5 Å². The second kappa shape index (κ2) is 4.33. The molecule has 0 spiro atoms. The van der Waals surface area contributed by atoms with Gasteiger partial charge in [0.05, 0.1) is 12.7 Å². The monoisotopic (exact) mass is 270 g/mol. The third-order valence-electron chi connectivity index (χ3n) is 2.36. The zero-order valence-electron chi connectivity index (χ0n) is 8.33. The van der Waals surface area contributed by atoms with Crippen LogP contribution < -0.4 is 0 Å². The van der Waals surface area contributed by atoms with E-state index in [9.17, 15) is 4.79 Å². The van der Waals surface area contributed by atoms with Gasteiger partial charge in [0.2, 0.25) is 0 Å². The van der Waals surface area contributed by atoms with Crippen LogP contribution in [0.4, 0.5) is 0 Å². The van der Waals surface area contributed by atoms with E-state index < -0.39 is 5.97 Å². The van der Waals surface area contributed by atoms with Crippen molar-refractivity contribution < 1.29 is 14.6 Å². The summed E-state index contributed by atoms with van der Waals surface area (Å²) in [5, 5.41) is 0. The minimum absolute atomic E-state index is 0.458. The highest BCUT2D eigenvalue weighted by molar-refractivity contribution is 9.10. The zero-order valence-corrected chi connectivity index (χ0v) is 9.91. The number of hydrogen-bond acceptors (Lipinski definition) is 3. The van der Waals surface area contributed by atoms with Gasteiger partial charge in [0.1, 0.15) is 0 Å². The second-order valence-electron chi connectivity index (χ2n) is 3.58. The van der Waals surface area contributed by atoms with Crippen LogP contribution in [-0.4, -0.2) is 13.1 Å². The molecule has 0 N–H and O–H groups in total. The lowest BCUT2D eigenvalue weighted by Crippen LogP contribution is -2.04. The van der Waals surface area contributed by atoms with E-state index in [1.54, 1.807) is 6.07 Å². The van der Waals surface area contributed by atoms with Crippen molar-refractivity contribution in [3.63, 3.8) is 0 Å².